The normalized spacial score (nSPS) is 21.5. The van der Waals surface area contributed by atoms with Gasteiger partial charge in [-0.15, -0.1) is 0 Å². The molecule has 1 fully saturated rings. The third kappa shape index (κ3) is 1.94. The molecule has 0 spiro atoms. The number of benzene rings is 3. The first-order valence-corrected chi connectivity index (χ1v) is 6.95. The SMILES string of the molecule is c1ccc([C@@H]2C[C@H]2c2ccc3ccccc3c2)cc1. The maximum absolute atomic E-state index is 2.36. The van der Waals surface area contributed by atoms with Crippen molar-refractivity contribution in [2.75, 3.05) is 0 Å². The number of hydrogen-bond acceptors (Lipinski definition) is 0. The molecule has 0 nitrogen and oxygen atoms in total. The van der Waals surface area contributed by atoms with Crippen molar-refractivity contribution in [2.24, 2.45) is 0 Å². The minimum absolute atomic E-state index is 0.715. The molecule has 0 aromatic heterocycles. The van der Waals surface area contributed by atoms with Gasteiger partial charge in [0, 0.05) is 0 Å². The zero-order valence-corrected chi connectivity index (χ0v) is 10.8. The van der Waals surface area contributed by atoms with Gasteiger partial charge in [-0.25, -0.2) is 0 Å². The van der Waals surface area contributed by atoms with Gasteiger partial charge >= 0.3 is 0 Å². The molecule has 19 heavy (non-hydrogen) atoms. The first kappa shape index (κ1) is 10.8. The summed E-state index contributed by atoms with van der Waals surface area (Å²) >= 11 is 0. The van der Waals surface area contributed by atoms with Crippen LogP contribution in [0.1, 0.15) is 29.4 Å². The second-order valence-electron chi connectivity index (χ2n) is 5.47. The van der Waals surface area contributed by atoms with Gasteiger partial charge in [-0.3, -0.25) is 0 Å². The Morgan fingerprint density at radius 2 is 1.26 bits per heavy atom. The van der Waals surface area contributed by atoms with Crippen LogP contribution in [-0.4, -0.2) is 0 Å². The molecule has 0 heteroatoms. The lowest BCUT2D eigenvalue weighted by molar-refractivity contribution is 1.03. The molecule has 0 amide bonds. The van der Waals surface area contributed by atoms with Crippen LogP contribution in [0.15, 0.2) is 72.8 Å². The van der Waals surface area contributed by atoms with Gasteiger partial charge in [0.05, 0.1) is 0 Å². The zero-order chi connectivity index (χ0) is 12.7. The van der Waals surface area contributed by atoms with Crippen molar-refractivity contribution in [1.29, 1.82) is 0 Å². The van der Waals surface area contributed by atoms with Gasteiger partial charge in [-0.05, 0) is 40.2 Å². The summed E-state index contributed by atoms with van der Waals surface area (Å²) in [5.41, 5.74) is 2.98. The molecule has 2 atom stereocenters. The molecule has 0 heterocycles. The van der Waals surface area contributed by atoms with E-state index in [1.54, 1.807) is 0 Å². The van der Waals surface area contributed by atoms with E-state index in [4.69, 9.17) is 0 Å². The maximum atomic E-state index is 2.36. The van der Waals surface area contributed by atoms with E-state index in [1.807, 2.05) is 0 Å². The van der Waals surface area contributed by atoms with Gasteiger partial charge < -0.3 is 0 Å². The summed E-state index contributed by atoms with van der Waals surface area (Å²) in [4.78, 5) is 0. The predicted octanol–water partition coefficient (Wildman–Crippen LogP) is 5.11. The highest BCUT2D eigenvalue weighted by Gasteiger charge is 2.39. The summed E-state index contributed by atoms with van der Waals surface area (Å²) < 4.78 is 0. The molecule has 4 rings (SSSR count). The topological polar surface area (TPSA) is 0 Å². The largest absolute Gasteiger partial charge is 0.0622 e. The van der Waals surface area contributed by atoms with Crippen molar-refractivity contribution in [3.05, 3.63) is 83.9 Å². The summed E-state index contributed by atoms with van der Waals surface area (Å²) in [6.45, 7) is 0. The molecule has 0 radical (unpaired) electrons. The third-order valence-corrected chi connectivity index (χ3v) is 4.22. The van der Waals surface area contributed by atoms with Crippen LogP contribution in [0.3, 0.4) is 0 Å². The Morgan fingerprint density at radius 1 is 0.579 bits per heavy atom. The van der Waals surface area contributed by atoms with E-state index in [0.717, 1.165) is 5.92 Å². The van der Waals surface area contributed by atoms with Crippen LogP contribution in [0, 0.1) is 0 Å². The summed E-state index contributed by atoms with van der Waals surface area (Å²) in [6, 6.07) is 26.4. The number of fused-ring (bicyclic) bond motifs is 1. The molecule has 3 aromatic carbocycles. The fourth-order valence-electron chi connectivity index (χ4n) is 3.07. The Labute approximate surface area is 113 Å². The van der Waals surface area contributed by atoms with E-state index < -0.39 is 0 Å². The van der Waals surface area contributed by atoms with Crippen molar-refractivity contribution < 1.29 is 0 Å². The Hall–Kier alpha value is -2.08. The minimum atomic E-state index is 0.715. The van der Waals surface area contributed by atoms with E-state index in [1.165, 1.54) is 28.3 Å². The first-order valence-electron chi connectivity index (χ1n) is 6.95. The van der Waals surface area contributed by atoms with Crippen LogP contribution in [0.5, 0.6) is 0 Å². The van der Waals surface area contributed by atoms with Gasteiger partial charge in [0.25, 0.3) is 0 Å². The van der Waals surface area contributed by atoms with Crippen LogP contribution >= 0.6 is 0 Å². The second-order valence-corrected chi connectivity index (χ2v) is 5.47. The van der Waals surface area contributed by atoms with E-state index in [2.05, 4.69) is 72.8 Å². The van der Waals surface area contributed by atoms with Crippen LogP contribution in [0.25, 0.3) is 10.8 Å². The predicted molar refractivity (Wildman–Crippen MR) is 80.5 cm³/mol. The van der Waals surface area contributed by atoms with Crippen LogP contribution in [0.4, 0.5) is 0 Å². The van der Waals surface area contributed by atoms with Crippen LogP contribution in [0.2, 0.25) is 0 Å². The number of hydrogen-bond donors (Lipinski definition) is 0. The molecule has 1 aliphatic carbocycles. The molecule has 0 N–H and O–H groups in total. The lowest BCUT2D eigenvalue weighted by atomic mass is 10.0. The third-order valence-electron chi connectivity index (χ3n) is 4.22. The Morgan fingerprint density at radius 3 is 2.11 bits per heavy atom. The minimum Gasteiger partial charge on any atom is -0.0622 e. The molecule has 1 aliphatic rings. The van der Waals surface area contributed by atoms with E-state index in [0.29, 0.717) is 5.92 Å². The molecule has 0 unspecified atom stereocenters. The van der Waals surface area contributed by atoms with Gasteiger partial charge in [-0.2, -0.15) is 0 Å². The quantitative estimate of drug-likeness (QED) is 0.587. The average molecular weight is 244 g/mol. The highest BCUT2D eigenvalue weighted by Crippen LogP contribution is 2.54. The molecule has 0 bridgehead atoms. The fourth-order valence-corrected chi connectivity index (χ4v) is 3.07. The highest BCUT2D eigenvalue weighted by molar-refractivity contribution is 5.83. The monoisotopic (exact) mass is 244 g/mol. The van der Waals surface area contributed by atoms with Crippen LogP contribution in [-0.2, 0) is 0 Å². The lowest BCUT2D eigenvalue weighted by Gasteiger charge is -2.04. The fraction of sp³-hybridized carbons (Fsp3) is 0.158. The summed E-state index contributed by atoms with van der Waals surface area (Å²) in [5.74, 6) is 1.44. The summed E-state index contributed by atoms with van der Waals surface area (Å²) in [6.07, 6.45) is 1.29. The van der Waals surface area contributed by atoms with E-state index >= 15 is 0 Å². The molecule has 3 aromatic rings. The van der Waals surface area contributed by atoms with Crippen LogP contribution < -0.4 is 0 Å². The van der Waals surface area contributed by atoms with Gasteiger partial charge in [-0.1, -0.05) is 72.8 Å². The zero-order valence-electron chi connectivity index (χ0n) is 10.8. The van der Waals surface area contributed by atoms with Crippen molar-refractivity contribution in [3.8, 4) is 0 Å². The molecular formula is C19H16. The van der Waals surface area contributed by atoms with Gasteiger partial charge in [0.2, 0.25) is 0 Å². The Balaban J connectivity index is 1.66. The van der Waals surface area contributed by atoms with Crippen molar-refractivity contribution in [2.45, 2.75) is 18.3 Å². The van der Waals surface area contributed by atoms with Gasteiger partial charge in [0.15, 0.2) is 0 Å². The van der Waals surface area contributed by atoms with E-state index in [9.17, 15) is 0 Å². The highest BCUT2D eigenvalue weighted by atomic mass is 14.4. The smallest absolute Gasteiger partial charge is 0.00866 e. The molecule has 0 saturated heterocycles. The van der Waals surface area contributed by atoms with Crippen molar-refractivity contribution in [3.63, 3.8) is 0 Å². The Bertz CT molecular complexity index is 712. The molecular weight excluding hydrogens is 228 g/mol. The van der Waals surface area contributed by atoms with Crippen molar-refractivity contribution >= 4 is 10.8 Å². The summed E-state index contributed by atoms with van der Waals surface area (Å²) in [7, 11) is 0. The number of rotatable bonds is 2. The maximum Gasteiger partial charge on any atom is -0.00866 e. The average Bonchev–Trinajstić information content (AvgIpc) is 3.28. The second kappa shape index (κ2) is 4.24. The lowest BCUT2D eigenvalue weighted by Crippen LogP contribution is -1.84. The Kier molecular flexibility index (Phi) is 2.41. The standard InChI is InChI=1S/C19H16/c1-2-7-15(8-3-1)18-13-19(18)17-11-10-14-6-4-5-9-16(14)12-17/h1-12,18-19H,13H2/t18-,19-/m0/s1. The molecule has 92 valence electrons. The molecule has 1 saturated carbocycles. The summed E-state index contributed by atoms with van der Waals surface area (Å²) in [5, 5.41) is 2.70. The molecule has 0 aliphatic heterocycles. The van der Waals surface area contributed by atoms with E-state index in [-0.39, 0.29) is 0 Å². The van der Waals surface area contributed by atoms with Crippen molar-refractivity contribution in [1.82, 2.24) is 0 Å². The first-order chi connectivity index (χ1) is 9.42. The van der Waals surface area contributed by atoms with Gasteiger partial charge in [0.1, 0.15) is 0 Å².